The zero-order valence-electron chi connectivity index (χ0n) is 10.3. The van der Waals surface area contributed by atoms with Crippen molar-refractivity contribution in [2.75, 3.05) is 13.1 Å². The van der Waals surface area contributed by atoms with Crippen molar-refractivity contribution in [3.05, 3.63) is 29.6 Å². The first kappa shape index (κ1) is 12.8. The molecular weight excluding hydrogens is 235 g/mol. The van der Waals surface area contributed by atoms with Crippen molar-refractivity contribution in [1.29, 1.82) is 0 Å². The van der Waals surface area contributed by atoms with E-state index in [0.29, 0.717) is 12.1 Å². The minimum Gasteiger partial charge on any atom is -0.505 e. The summed E-state index contributed by atoms with van der Waals surface area (Å²) in [6.07, 6.45) is 0.885. The van der Waals surface area contributed by atoms with Crippen LogP contribution in [0.5, 0.6) is 5.75 Å². The fourth-order valence-electron chi connectivity index (χ4n) is 2.31. The van der Waals surface area contributed by atoms with E-state index in [0.717, 1.165) is 19.5 Å². The molecule has 2 N–H and O–H groups in total. The first-order valence-electron chi connectivity index (χ1n) is 6.02. The Morgan fingerprint density at radius 3 is 3.11 bits per heavy atom. The van der Waals surface area contributed by atoms with Gasteiger partial charge in [-0.15, -0.1) is 0 Å². The molecule has 0 spiro atoms. The van der Waals surface area contributed by atoms with Crippen LogP contribution in [0.3, 0.4) is 0 Å². The summed E-state index contributed by atoms with van der Waals surface area (Å²) in [6.45, 7) is 3.57. The van der Waals surface area contributed by atoms with Crippen molar-refractivity contribution in [3.63, 3.8) is 0 Å². The van der Waals surface area contributed by atoms with Gasteiger partial charge < -0.3 is 10.4 Å². The molecule has 1 aliphatic heterocycles. The van der Waals surface area contributed by atoms with Crippen LogP contribution in [-0.4, -0.2) is 35.0 Å². The van der Waals surface area contributed by atoms with Gasteiger partial charge in [-0.2, -0.15) is 0 Å². The lowest BCUT2D eigenvalue weighted by Crippen LogP contribution is -2.35. The quantitative estimate of drug-likeness (QED) is 0.851. The highest BCUT2D eigenvalue weighted by molar-refractivity contribution is 5.73. The number of amides is 1. The summed E-state index contributed by atoms with van der Waals surface area (Å²) in [4.78, 5) is 13.0. The van der Waals surface area contributed by atoms with E-state index in [1.165, 1.54) is 13.0 Å². The van der Waals surface area contributed by atoms with Crippen LogP contribution in [0.4, 0.5) is 4.39 Å². The molecule has 1 fully saturated rings. The maximum Gasteiger partial charge on any atom is 0.217 e. The zero-order valence-corrected chi connectivity index (χ0v) is 10.3. The van der Waals surface area contributed by atoms with Crippen LogP contribution in [0.25, 0.3) is 0 Å². The molecule has 98 valence electrons. The van der Waals surface area contributed by atoms with E-state index in [-0.39, 0.29) is 17.7 Å². The van der Waals surface area contributed by atoms with Crippen molar-refractivity contribution in [2.45, 2.75) is 25.9 Å². The summed E-state index contributed by atoms with van der Waals surface area (Å²) >= 11 is 0. The Bertz CT molecular complexity index is 451. The molecule has 5 heteroatoms. The molecule has 1 heterocycles. The summed E-state index contributed by atoms with van der Waals surface area (Å²) in [5.41, 5.74) is 0.582. The highest BCUT2D eigenvalue weighted by Crippen LogP contribution is 2.23. The molecule has 2 rings (SSSR count). The lowest BCUT2D eigenvalue weighted by atomic mass is 10.2. The van der Waals surface area contributed by atoms with Gasteiger partial charge in [0, 0.05) is 38.2 Å². The van der Waals surface area contributed by atoms with Gasteiger partial charge in [0.2, 0.25) is 5.91 Å². The van der Waals surface area contributed by atoms with Crippen molar-refractivity contribution < 1.29 is 14.3 Å². The molecular formula is C13H17FN2O2. The van der Waals surface area contributed by atoms with E-state index < -0.39 is 5.82 Å². The second-order valence-electron chi connectivity index (χ2n) is 4.67. The zero-order chi connectivity index (χ0) is 13.1. The Balaban J connectivity index is 1.95. The van der Waals surface area contributed by atoms with E-state index in [9.17, 15) is 14.3 Å². The number of likely N-dealkylation sites (tertiary alicyclic amines) is 1. The molecule has 0 saturated carbocycles. The Morgan fingerprint density at radius 2 is 2.39 bits per heavy atom. The summed E-state index contributed by atoms with van der Waals surface area (Å²) in [5, 5.41) is 12.5. The van der Waals surface area contributed by atoms with Crippen molar-refractivity contribution >= 4 is 5.91 Å². The Hall–Kier alpha value is -1.62. The van der Waals surface area contributed by atoms with Gasteiger partial charge in [0.25, 0.3) is 0 Å². The molecule has 1 saturated heterocycles. The fraction of sp³-hybridized carbons (Fsp3) is 0.462. The van der Waals surface area contributed by atoms with Crippen molar-refractivity contribution in [2.24, 2.45) is 0 Å². The maximum absolute atomic E-state index is 13.2. The first-order valence-corrected chi connectivity index (χ1v) is 6.02. The summed E-state index contributed by atoms with van der Waals surface area (Å²) in [5.74, 6) is -0.902. The van der Waals surface area contributed by atoms with E-state index in [2.05, 4.69) is 10.2 Å². The minimum absolute atomic E-state index is 0.0320. The van der Waals surface area contributed by atoms with Crippen LogP contribution in [-0.2, 0) is 11.3 Å². The smallest absolute Gasteiger partial charge is 0.217 e. The predicted molar refractivity (Wildman–Crippen MR) is 65.6 cm³/mol. The number of phenols is 1. The lowest BCUT2D eigenvalue weighted by Gasteiger charge is -2.17. The van der Waals surface area contributed by atoms with Crippen LogP contribution in [0.1, 0.15) is 18.9 Å². The van der Waals surface area contributed by atoms with Gasteiger partial charge in [-0.05, 0) is 12.5 Å². The number of carbonyl (C=O) groups excluding carboxylic acids is 1. The topological polar surface area (TPSA) is 52.6 Å². The van der Waals surface area contributed by atoms with Gasteiger partial charge in [-0.25, -0.2) is 4.39 Å². The van der Waals surface area contributed by atoms with Crippen molar-refractivity contribution in [3.8, 4) is 5.75 Å². The molecule has 4 nitrogen and oxygen atoms in total. The molecule has 1 aromatic rings. The molecule has 0 radical (unpaired) electrons. The highest BCUT2D eigenvalue weighted by Gasteiger charge is 2.23. The van der Waals surface area contributed by atoms with Gasteiger partial charge in [0.1, 0.15) is 0 Å². The van der Waals surface area contributed by atoms with Crippen LogP contribution < -0.4 is 5.32 Å². The number of hydrogen-bond donors (Lipinski definition) is 2. The number of rotatable bonds is 3. The number of nitrogens with zero attached hydrogens (tertiary/aromatic N) is 1. The number of para-hydroxylation sites is 1. The molecule has 1 amide bonds. The lowest BCUT2D eigenvalue weighted by molar-refractivity contribution is -0.119. The Labute approximate surface area is 105 Å². The number of benzene rings is 1. The number of aromatic hydroxyl groups is 1. The van der Waals surface area contributed by atoms with E-state index >= 15 is 0 Å². The standard InChI is InChI=1S/C13H17FN2O2/c1-9(17)15-11-5-6-16(8-11)7-10-3-2-4-12(14)13(10)18/h2-4,11,18H,5-8H2,1H3,(H,15,17). The normalized spacial score (nSPS) is 20.0. The predicted octanol–water partition coefficient (Wildman–Crippen LogP) is 1.24. The van der Waals surface area contributed by atoms with E-state index in [1.54, 1.807) is 12.1 Å². The third-order valence-electron chi connectivity index (χ3n) is 3.14. The van der Waals surface area contributed by atoms with Crippen molar-refractivity contribution in [1.82, 2.24) is 10.2 Å². The Kier molecular flexibility index (Phi) is 3.81. The monoisotopic (exact) mass is 252 g/mol. The third kappa shape index (κ3) is 2.98. The second kappa shape index (κ2) is 5.35. The Morgan fingerprint density at radius 1 is 1.61 bits per heavy atom. The molecule has 1 aromatic carbocycles. The molecule has 0 aliphatic carbocycles. The average molecular weight is 252 g/mol. The van der Waals surface area contributed by atoms with Gasteiger partial charge >= 0.3 is 0 Å². The number of hydrogen-bond acceptors (Lipinski definition) is 3. The SMILES string of the molecule is CC(=O)NC1CCN(Cc2cccc(F)c2O)C1. The van der Waals surface area contributed by atoms with Gasteiger partial charge in [0.15, 0.2) is 11.6 Å². The minimum atomic E-state index is -0.592. The molecule has 1 aliphatic rings. The van der Waals surface area contributed by atoms with Crippen LogP contribution >= 0.6 is 0 Å². The van der Waals surface area contributed by atoms with E-state index in [1.807, 2.05) is 0 Å². The summed E-state index contributed by atoms with van der Waals surface area (Å²) in [6, 6.07) is 4.69. The highest BCUT2D eigenvalue weighted by atomic mass is 19.1. The van der Waals surface area contributed by atoms with Gasteiger partial charge in [0.05, 0.1) is 0 Å². The van der Waals surface area contributed by atoms with E-state index in [4.69, 9.17) is 0 Å². The molecule has 1 unspecified atom stereocenters. The summed E-state index contributed by atoms with van der Waals surface area (Å²) in [7, 11) is 0. The van der Waals surface area contributed by atoms with Crippen LogP contribution in [0, 0.1) is 5.82 Å². The third-order valence-corrected chi connectivity index (χ3v) is 3.14. The van der Waals surface area contributed by atoms with Crippen LogP contribution in [0.15, 0.2) is 18.2 Å². The molecule has 18 heavy (non-hydrogen) atoms. The van der Waals surface area contributed by atoms with Gasteiger partial charge in [-0.1, -0.05) is 12.1 Å². The fourth-order valence-corrected chi connectivity index (χ4v) is 2.31. The number of halogens is 1. The summed E-state index contributed by atoms with van der Waals surface area (Å²) < 4.78 is 13.2. The van der Waals surface area contributed by atoms with Gasteiger partial charge in [-0.3, -0.25) is 9.69 Å². The number of phenolic OH excluding ortho intramolecular Hbond substituents is 1. The average Bonchev–Trinajstić information content (AvgIpc) is 2.71. The number of nitrogens with one attached hydrogen (secondary N) is 1. The molecule has 0 bridgehead atoms. The maximum atomic E-state index is 13.2. The molecule has 0 aromatic heterocycles. The largest absolute Gasteiger partial charge is 0.505 e. The van der Waals surface area contributed by atoms with Crippen LogP contribution in [0.2, 0.25) is 0 Å². The first-order chi connectivity index (χ1) is 8.56. The second-order valence-corrected chi connectivity index (χ2v) is 4.67. The molecule has 1 atom stereocenters. The number of carbonyl (C=O) groups is 1.